The predicted molar refractivity (Wildman–Crippen MR) is 59.4 cm³/mol. The monoisotopic (exact) mass is 252 g/mol. The first-order valence-electron chi connectivity index (χ1n) is 4.33. The zero-order valence-corrected chi connectivity index (χ0v) is 9.71. The second kappa shape index (κ2) is 3.58. The van der Waals surface area contributed by atoms with Crippen molar-refractivity contribution in [2.75, 3.05) is 7.11 Å². The molecule has 2 nitrogen and oxygen atoms in total. The van der Waals surface area contributed by atoms with Crippen LogP contribution in [0.1, 0.15) is 0 Å². The number of methoxy groups -OCH3 is 1. The van der Waals surface area contributed by atoms with Crippen LogP contribution in [0.2, 0.25) is 0 Å². The van der Waals surface area contributed by atoms with Crippen molar-refractivity contribution in [2.45, 2.75) is 0 Å². The second-order valence-electron chi connectivity index (χ2n) is 3.23. The van der Waals surface area contributed by atoms with Crippen molar-refractivity contribution in [1.82, 2.24) is 0 Å². The van der Waals surface area contributed by atoms with E-state index in [-0.39, 0.29) is 0 Å². The molecule has 0 unspecified atom stereocenters. The van der Waals surface area contributed by atoms with Gasteiger partial charge in [0.15, 0.2) is 12.4 Å². The molecule has 0 atom stereocenters. The normalized spacial score (nSPS) is 10.5. The molecular weight excluding hydrogens is 242 g/mol. The average Bonchev–Trinajstić information content (AvgIpc) is 2.17. The van der Waals surface area contributed by atoms with Gasteiger partial charge in [-0.1, -0.05) is 0 Å². The van der Waals surface area contributed by atoms with Crippen LogP contribution < -0.4 is 9.30 Å². The molecule has 1 heterocycles. The van der Waals surface area contributed by atoms with Crippen LogP contribution in [0.25, 0.3) is 10.8 Å². The molecule has 0 spiro atoms. The highest BCUT2D eigenvalue weighted by atomic mass is 79.9. The summed E-state index contributed by atoms with van der Waals surface area (Å²) in [6.07, 6.45) is 4.10. The first-order valence-corrected chi connectivity index (χ1v) is 5.12. The second-order valence-corrected chi connectivity index (χ2v) is 4.08. The molecular formula is C11H11BrNO+. The Morgan fingerprint density at radius 3 is 2.79 bits per heavy atom. The number of rotatable bonds is 1. The molecule has 3 heteroatoms. The van der Waals surface area contributed by atoms with Gasteiger partial charge in [0, 0.05) is 11.5 Å². The summed E-state index contributed by atoms with van der Waals surface area (Å²) in [5.74, 6) is 0.865. The Morgan fingerprint density at radius 2 is 2.07 bits per heavy atom. The Bertz CT molecular complexity index is 482. The topological polar surface area (TPSA) is 13.1 Å². The Balaban J connectivity index is 2.73. The van der Waals surface area contributed by atoms with Crippen molar-refractivity contribution in [3.8, 4) is 5.75 Å². The summed E-state index contributed by atoms with van der Waals surface area (Å²) in [6, 6.07) is 6.17. The summed E-state index contributed by atoms with van der Waals surface area (Å²) in [6.45, 7) is 0. The van der Waals surface area contributed by atoms with Crippen molar-refractivity contribution >= 4 is 26.7 Å². The van der Waals surface area contributed by atoms with Crippen molar-refractivity contribution in [2.24, 2.45) is 7.05 Å². The van der Waals surface area contributed by atoms with E-state index in [2.05, 4.69) is 34.3 Å². The number of pyridine rings is 1. The third-order valence-electron chi connectivity index (χ3n) is 2.19. The minimum atomic E-state index is 0.865. The minimum Gasteiger partial charge on any atom is -0.496 e. The molecule has 72 valence electrons. The van der Waals surface area contributed by atoms with E-state index in [1.54, 1.807) is 7.11 Å². The van der Waals surface area contributed by atoms with E-state index in [1.165, 1.54) is 10.8 Å². The van der Waals surface area contributed by atoms with Crippen LogP contribution in [0, 0.1) is 0 Å². The molecule has 2 aromatic rings. The molecule has 0 fully saturated rings. The molecule has 0 N–H and O–H groups in total. The SMILES string of the molecule is COc1cc2c[n+](C)ccc2cc1Br. The van der Waals surface area contributed by atoms with Gasteiger partial charge in [-0.05, 0) is 33.4 Å². The third-order valence-corrected chi connectivity index (χ3v) is 2.81. The number of hydrogen-bond donors (Lipinski definition) is 0. The lowest BCUT2D eigenvalue weighted by Gasteiger charge is -2.04. The minimum absolute atomic E-state index is 0.865. The molecule has 14 heavy (non-hydrogen) atoms. The number of fused-ring (bicyclic) bond motifs is 1. The van der Waals surface area contributed by atoms with Crippen LogP contribution >= 0.6 is 15.9 Å². The molecule has 0 saturated heterocycles. The predicted octanol–water partition coefficient (Wildman–Crippen LogP) is 2.44. The molecule has 0 saturated carbocycles. The number of benzene rings is 1. The number of aromatic nitrogens is 1. The van der Waals surface area contributed by atoms with Crippen LogP contribution in [-0.2, 0) is 7.05 Å². The highest BCUT2D eigenvalue weighted by molar-refractivity contribution is 9.10. The quantitative estimate of drug-likeness (QED) is 0.711. The largest absolute Gasteiger partial charge is 0.496 e. The lowest BCUT2D eigenvalue weighted by atomic mass is 10.2. The maximum absolute atomic E-state index is 5.24. The molecule has 0 aliphatic rings. The van der Waals surface area contributed by atoms with Gasteiger partial charge >= 0.3 is 0 Å². The summed E-state index contributed by atoms with van der Waals surface area (Å²) < 4.78 is 8.25. The summed E-state index contributed by atoms with van der Waals surface area (Å²) in [5.41, 5.74) is 0. The number of aryl methyl sites for hydroxylation is 1. The Labute approximate surface area is 91.3 Å². The van der Waals surface area contributed by atoms with Crippen LogP contribution in [0.5, 0.6) is 5.75 Å². The number of halogens is 1. The maximum Gasteiger partial charge on any atom is 0.176 e. The van der Waals surface area contributed by atoms with Gasteiger partial charge in [0.25, 0.3) is 0 Å². The van der Waals surface area contributed by atoms with E-state index in [4.69, 9.17) is 4.74 Å². The fourth-order valence-electron chi connectivity index (χ4n) is 1.46. The van der Waals surface area contributed by atoms with E-state index in [0.29, 0.717) is 0 Å². The van der Waals surface area contributed by atoms with E-state index in [0.717, 1.165) is 10.2 Å². The lowest BCUT2D eigenvalue weighted by Crippen LogP contribution is -2.25. The number of nitrogens with zero attached hydrogens (tertiary/aromatic N) is 1. The zero-order valence-electron chi connectivity index (χ0n) is 8.12. The number of ether oxygens (including phenoxy) is 1. The van der Waals surface area contributed by atoms with E-state index in [9.17, 15) is 0 Å². The summed E-state index contributed by atoms with van der Waals surface area (Å²) in [4.78, 5) is 0. The van der Waals surface area contributed by atoms with Gasteiger partial charge in [-0.15, -0.1) is 0 Å². The highest BCUT2D eigenvalue weighted by Gasteiger charge is 2.05. The van der Waals surface area contributed by atoms with Gasteiger partial charge in [0.2, 0.25) is 0 Å². The molecule has 0 bridgehead atoms. The van der Waals surface area contributed by atoms with Crippen molar-refractivity contribution in [3.63, 3.8) is 0 Å². The Kier molecular flexibility index (Phi) is 2.42. The molecule has 1 aromatic carbocycles. The third kappa shape index (κ3) is 1.60. The molecule has 1 aromatic heterocycles. The van der Waals surface area contributed by atoms with Crippen LogP contribution in [-0.4, -0.2) is 7.11 Å². The van der Waals surface area contributed by atoms with Gasteiger partial charge in [-0.25, -0.2) is 4.57 Å². The van der Waals surface area contributed by atoms with Gasteiger partial charge < -0.3 is 4.74 Å². The highest BCUT2D eigenvalue weighted by Crippen LogP contribution is 2.29. The van der Waals surface area contributed by atoms with Gasteiger partial charge in [0.1, 0.15) is 12.8 Å². The van der Waals surface area contributed by atoms with E-state index in [1.807, 2.05) is 23.9 Å². The molecule has 0 aliphatic carbocycles. The van der Waals surface area contributed by atoms with Gasteiger partial charge in [-0.2, -0.15) is 0 Å². The van der Waals surface area contributed by atoms with E-state index >= 15 is 0 Å². The molecule has 0 aliphatic heterocycles. The smallest absolute Gasteiger partial charge is 0.176 e. The van der Waals surface area contributed by atoms with Crippen LogP contribution in [0.4, 0.5) is 0 Å². The van der Waals surface area contributed by atoms with Crippen molar-refractivity contribution in [1.29, 1.82) is 0 Å². The maximum atomic E-state index is 5.24. The Hall–Kier alpha value is -1.09. The summed E-state index contributed by atoms with van der Waals surface area (Å²) in [7, 11) is 3.68. The van der Waals surface area contributed by atoms with Crippen molar-refractivity contribution < 1.29 is 9.30 Å². The molecule has 0 amide bonds. The lowest BCUT2D eigenvalue weighted by molar-refractivity contribution is -0.670. The Morgan fingerprint density at radius 1 is 1.29 bits per heavy atom. The van der Waals surface area contributed by atoms with E-state index < -0.39 is 0 Å². The first-order chi connectivity index (χ1) is 6.70. The van der Waals surface area contributed by atoms with Gasteiger partial charge in [-0.3, -0.25) is 0 Å². The average molecular weight is 253 g/mol. The standard InChI is InChI=1S/C11H11BrNO/c1-13-4-3-8-5-10(12)11(14-2)6-9(8)7-13/h3-7H,1-2H3/q+1. The molecule has 0 radical (unpaired) electrons. The fourth-order valence-corrected chi connectivity index (χ4v) is 1.98. The summed E-state index contributed by atoms with van der Waals surface area (Å²) in [5, 5.41) is 2.38. The van der Waals surface area contributed by atoms with Gasteiger partial charge in [0.05, 0.1) is 11.6 Å². The zero-order chi connectivity index (χ0) is 10.1. The van der Waals surface area contributed by atoms with Crippen molar-refractivity contribution in [3.05, 3.63) is 35.1 Å². The van der Waals surface area contributed by atoms with Crippen LogP contribution in [0.15, 0.2) is 35.1 Å². The summed E-state index contributed by atoms with van der Waals surface area (Å²) >= 11 is 3.46. The van der Waals surface area contributed by atoms with Crippen LogP contribution in [0.3, 0.4) is 0 Å². The number of hydrogen-bond acceptors (Lipinski definition) is 1. The fraction of sp³-hybridized carbons (Fsp3) is 0.182. The molecule has 2 rings (SSSR count). The first kappa shape index (κ1) is 9.46.